The highest BCUT2D eigenvalue weighted by Crippen LogP contribution is 2.32. The van der Waals surface area contributed by atoms with Gasteiger partial charge < -0.3 is 24.1 Å². The van der Waals surface area contributed by atoms with Crippen molar-refractivity contribution in [1.29, 1.82) is 0 Å². The molecule has 1 aliphatic carbocycles. The van der Waals surface area contributed by atoms with Crippen molar-refractivity contribution < 1.29 is 23.9 Å². The molecule has 2 saturated heterocycles. The highest BCUT2D eigenvalue weighted by atomic mass is 16.6. The molecule has 0 saturated carbocycles. The van der Waals surface area contributed by atoms with Gasteiger partial charge in [-0.2, -0.15) is 0 Å². The van der Waals surface area contributed by atoms with Gasteiger partial charge in [0.25, 0.3) is 0 Å². The van der Waals surface area contributed by atoms with Crippen molar-refractivity contribution in [2.24, 2.45) is 17.0 Å². The first-order chi connectivity index (χ1) is 17.7. The fraction of sp³-hybridized carbons (Fsp3) is 0.621. The van der Waals surface area contributed by atoms with E-state index in [1.165, 1.54) is 11.1 Å². The molecule has 4 rings (SSSR count). The fourth-order valence-electron chi connectivity index (χ4n) is 5.20. The molecular weight excluding hydrogens is 470 g/mol. The van der Waals surface area contributed by atoms with Crippen molar-refractivity contribution >= 4 is 23.3 Å². The van der Waals surface area contributed by atoms with Gasteiger partial charge in [0.2, 0.25) is 5.91 Å². The van der Waals surface area contributed by atoms with Gasteiger partial charge in [-0.1, -0.05) is 23.4 Å². The summed E-state index contributed by atoms with van der Waals surface area (Å²) in [5.41, 5.74) is 2.97. The summed E-state index contributed by atoms with van der Waals surface area (Å²) in [5.74, 6) is 1.58. The minimum Gasteiger partial charge on any atom is -0.493 e. The van der Waals surface area contributed by atoms with Crippen molar-refractivity contribution in [2.75, 3.05) is 39.9 Å². The lowest BCUT2D eigenvalue weighted by atomic mass is 9.86. The molecule has 3 aliphatic rings. The Kier molecular flexibility index (Phi) is 8.77. The van der Waals surface area contributed by atoms with E-state index >= 15 is 0 Å². The van der Waals surface area contributed by atoms with Gasteiger partial charge in [0.05, 0.1) is 18.9 Å². The molecule has 0 aromatic heterocycles. The van der Waals surface area contributed by atoms with Gasteiger partial charge in [-0.05, 0) is 82.1 Å². The van der Waals surface area contributed by atoms with Crippen LogP contribution in [-0.2, 0) is 14.4 Å². The third kappa shape index (κ3) is 7.49. The SMILES string of the molecule is CON=C1CCN(C(=O)C2CC=C(c3ccc(OCC4CCN(C(=O)OC(C)(C)C)CC4)cc3)CC2)C1. The van der Waals surface area contributed by atoms with Crippen molar-refractivity contribution in [3.05, 3.63) is 35.9 Å². The number of allylic oxidation sites excluding steroid dienone is 2. The fourth-order valence-corrected chi connectivity index (χ4v) is 5.20. The number of amides is 2. The highest BCUT2D eigenvalue weighted by Gasteiger charge is 2.30. The van der Waals surface area contributed by atoms with Gasteiger partial charge in [0.15, 0.2) is 0 Å². The minimum absolute atomic E-state index is 0.0509. The number of nitrogens with zero attached hydrogens (tertiary/aromatic N) is 3. The standard InChI is InChI=1S/C29H41N3O5/c1-29(2,3)37-28(34)31-16-13-21(14-17-31)20-36-26-11-9-23(10-12-26)22-5-7-24(8-6-22)27(33)32-18-15-25(19-32)30-35-4/h5,9-12,21,24H,6-8,13-20H2,1-4H3. The summed E-state index contributed by atoms with van der Waals surface area (Å²) in [5, 5.41) is 4.00. The number of benzene rings is 1. The molecule has 2 fully saturated rings. The number of carbonyl (C=O) groups is 2. The van der Waals surface area contributed by atoms with Crippen LogP contribution in [0.1, 0.15) is 64.9 Å². The lowest BCUT2D eigenvalue weighted by Gasteiger charge is -2.33. The minimum atomic E-state index is -0.464. The molecule has 202 valence electrons. The summed E-state index contributed by atoms with van der Waals surface area (Å²) < 4.78 is 11.6. The zero-order chi connectivity index (χ0) is 26.4. The number of likely N-dealkylation sites (tertiary alicyclic amines) is 2. The number of ether oxygens (including phenoxy) is 2. The van der Waals surface area contributed by atoms with Crippen LogP contribution in [0.4, 0.5) is 4.79 Å². The lowest BCUT2D eigenvalue weighted by molar-refractivity contribution is -0.134. The summed E-state index contributed by atoms with van der Waals surface area (Å²) in [6.07, 6.45) is 7.19. The largest absolute Gasteiger partial charge is 0.493 e. The molecule has 8 heteroatoms. The Morgan fingerprint density at radius 3 is 2.35 bits per heavy atom. The van der Waals surface area contributed by atoms with Gasteiger partial charge in [-0.15, -0.1) is 0 Å². The number of rotatable bonds is 6. The summed E-state index contributed by atoms with van der Waals surface area (Å²) in [6.45, 7) is 9.07. The summed E-state index contributed by atoms with van der Waals surface area (Å²) >= 11 is 0. The maximum absolute atomic E-state index is 12.9. The first-order valence-corrected chi connectivity index (χ1v) is 13.5. The number of piperidine rings is 1. The zero-order valence-electron chi connectivity index (χ0n) is 22.7. The molecule has 0 bridgehead atoms. The number of hydrogen-bond donors (Lipinski definition) is 0. The third-order valence-corrected chi connectivity index (χ3v) is 7.31. The summed E-state index contributed by atoms with van der Waals surface area (Å²) in [4.78, 5) is 33.7. The van der Waals surface area contributed by atoms with Crippen molar-refractivity contribution in [3.63, 3.8) is 0 Å². The Hall–Kier alpha value is -3.03. The second-order valence-corrected chi connectivity index (χ2v) is 11.3. The maximum atomic E-state index is 12.9. The van der Waals surface area contributed by atoms with Gasteiger partial charge >= 0.3 is 6.09 Å². The zero-order valence-corrected chi connectivity index (χ0v) is 22.7. The van der Waals surface area contributed by atoms with Crippen molar-refractivity contribution in [1.82, 2.24) is 9.80 Å². The molecule has 0 radical (unpaired) electrons. The lowest BCUT2D eigenvalue weighted by Crippen LogP contribution is -2.42. The highest BCUT2D eigenvalue weighted by molar-refractivity contribution is 5.93. The van der Waals surface area contributed by atoms with Crippen LogP contribution in [0, 0.1) is 11.8 Å². The number of hydrogen-bond acceptors (Lipinski definition) is 6. The Morgan fingerprint density at radius 2 is 1.73 bits per heavy atom. The van der Waals surface area contributed by atoms with Crippen molar-refractivity contribution in [3.8, 4) is 5.75 Å². The van der Waals surface area contributed by atoms with E-state index < -0.39 is 5.60 Å². The maximum Gasteiger partial charge on any atom is 0.410 e. The van der Waals surface area contributed by atoms with Crippen LogP contribution < -0.4 is 4.74 Å². The Bertz CT molecular complexity index is 1000. The number of carbonyl (C=O) groups excluding carboxylic acids is 2. The second kappa shape index (κ2) is 12.0. The van der Waals surface area contributed by atoms with E-state index in [-0.39, 0.29) is 17.9 Å². The van der Waals surface area contributed by atoms with Crippen LogP contribution in [0.5, 0.6) is 5.75 Å². The molecule has 1 atom stereocenters. The molecule has 2 amide bonds. The van der Waals surface area contributed by atoms with Crippen molar-refractivity contribution in [2.45, 2.75) is 64.9 Å². The van der Waals surface area contributed by atoms with E-state index in [1.54, 1.807) is 12.0 Å². The van der Waals surface area contributed by atoms with E-state index in [0.29, 0.717) is 32.2 Å². The second-order valence-electron chi connectivity index (χ2n) is 11.3. The normalized spacial score (nSPS) is 22.1. The van der Waals surface area contributed by atoms with Gasteiger partial charge in [0.1, 0.15) is 18.5 Å². The van der Waals surface area contributed by atoms with Crippen LogP contribution in [0.3, 0.4) is 0 Å². The molecule has 1 aromatic carbocycles. The van der Waals surface area contributed by atoms with Crippen LogP contribution in [-0.4, -0.2) is 73.0 Å². The van der Waals surface area contributed by atoms with Gasteiger partial charge in [-0.25, -0.2) is 4.79 Å². The first kappa shape index (κ1) is 27.0. The Morgan fingerprint density at radius 1 is 1.00 bits per heavy atom. The monoisotopic (exact) mass is 511 g/mol. The first-order valence-electron chi connectivity index (χ1n) is 13.5. The quantitative estimate of drug-likeness (QED) is 0.495. The average Bonchev–Trinajstić information content (AvgIpc) is 3.36. The van der Waals surface area contributed by atoms with E-state index in [9.17, 15) is 9.59 Å². The van der Waals surface area contributed by atoms with E-state index in [0.717, 1.165) is 56.5 Å². The Labute approximate surface area is 220 Å². The van der Waals surface area contributed by atoms with Crippen LogP contribution in [0.25, 0.3) is 5.57 Å². The molecule has 1 unspecified atom stereocenters. The van der Waals surface area contributed by atoms with Crippen LogP contribution in [0.2, 0.25) is 0 Å². The van der Waals surface area contributed by atoms with Gasteiger partial charge in [-0.3, -0.25) is 4.79 Å². The third-order valence-electron chi connectivity index (χ3n) is 7.31. The molecular formula is C29H41N3O5. The smallest absolute Gasteiger partial charge is 0.410 e. The van der Waals surface area contributed by atoms with E-state index in [1.807, 2.05) is 37.8 Å². The predicted molar refractivity (Wildman–Crippen MR) is 143 cm³/mol. The average molecular weight is 512 g/mol. The molecule has 2 heterocycles. The molecule has 8 nitrogen and oxygen atoms in total. The summed E-state index contributed by atoms with van der Waals surface area (Å²) in [6, 6.07) is 8.29. The van der Waals surface area contributed by atoms with E-state index in [4.69, 9.17) is 14.3 Å². The molecule has 0 N–H and O–H groups in total. The molecule has 1 aromatic rings. The van der Waals surface area contributed by atoms with Crippen LogP contribution in [0.15, 0.2) is 35.5 Å². The topological polar surface area (TPSA) is 80.7 Å². The summed E-state index contributed by atoms with van der Waals surface area (Å²) in [7, 11) is 1.54. The Balaban J connectivity index is 1.20. The molecule has 37 heavy (non-hydrogen) atoms. The van der Waals surface area contributed by atoms with Crippen LogP contribution >= 0.6 is 0 Å². The van der Waals surface area contributed by atoms with E-state index in [2.05, 4.69) is 23.4 Å². The predicted octanol–water partition coefficient (Wildman–Crippen LogP) is 5.13. The molecule has 2 aliphatic heterocycles. The van der Waals surface area contributed by atoms with Gasteiger partial charge in [0, 0.05) is 32.0 Å². The number of oxime groups is 1. The molecule has 0 spiro atoms.